The van der Waals surface area contributed by atoms with Crippen LogP contribution in [0.25, 0.3) is 0 Å². The number of rotatable bonds is 3. The van der Waals surface area contributed by atoms with Crippen molar-refractivity contribution >= 4 is 23.1 Å². The maximum Gasteiger partial charge on any atom is 0.269 e. The molecule has 0 bridgehead atoms. The first-order valence-electron chi connectivity index (χ1n) is 9.05. The molecule has 1 unspecified atom stereocenters. The van der Waals surface area contributed by atoms with E-state index in [2.05, 4.69) is 0 Å². The van der Waals surface area contributed by atoms with E-state index in [-0.39, 0.29) is 23.8 Å². The van der Waals surface area contributed by atoms with Gasteiger partial charge in [0.25, 0.3) is 5.69 Å². The zero-order valence-corrected chi connectivity index (χ0v) is 14.9. The molecule has 0 fully saturated rings. The van der Waals surface area contributed by atoms with Crippen molar-refractivity contribution in [3.63, 3.8) is 0 Å². The number of hydrogen-bond acceptors (Lipinski definition) is 4. The second-order valence-corrected chi connectivity index (χ2v) is 6.95. The minimum Gasteiger partial charge on any atom is -0.294 e. The molecule has 0 spiro atoms. The second kappa shape index (κ2) is 6.99. The van der Waals surface area contributed by atoms with Gasteiger partial charge in [0.2, 0.25) is 5.91 Å². The van der Waals surface area contributed by atoms with E-state index in [0.717, 1.165) is 0 Å². The van der Waals surface area contributed by atoms with E-state index in [1.54, 1.807) is 18.2 Å². The summed E-state index contributed by atoms with van der Waals surface area (Å²) in [4.78, 5) is 37.8. The number of Topliss-reactive ketones (excluding diaryl/α,β-unsaturated/α-hetero) is 1. The van der Waals surface area contributed by atoms with Gasteiger partial charge in [-0.05, 0) is 36.6 Å². The molecular weight excluding hydrogens is 363 g/mol. The molecule has 1 heterocycles. The van der Waals surface area contributed by atoms with Gasteiger partial charge in [0.1, 0.15) is 5.82 Å². The van der Waals surface area contributed by atoms with Gasteiger partial charge in [-0.3, -0.25) is 24.6 Å². The Labute approximate surface area is 160 Å². The Balaban J connectivity index is 1.86. The summed E-state index contributed by atoms with van der Waals surface area (Å²) in [6.07, 6.45) is 1.50. The van der Waals surface area contributed by atoms with Crippen LogP contribution in [0.4, 0.5) is 15.8 Å². The second-order valence-electron chi connectivity index (χ2n) is 6.95. The fourth-order valence-electron chi connectivity index (χ4n) is 4.05. The molecule has 0 aromatic heterocycles. The van der Waals surface area contributed by atoms with E-state index in [0.29, 0.717) is 41.8 Å². The van der Waals surface area contributed by atoms with Crippen molar-refractivity contribution in [2.75, 3.05) is 4.90 Å². The number of carbonyl (C=O) groups is 2. The third-order valence-electron chi connectivity index (χ3n) is 5.23. The standard InChI is InChI=1S/C21H17FN2O4/c22-14-5-2-6-15(11-14)23-18-8-3-9-19(25)21(18)17(12-20(23)26)13-4-1-7-16(10-13)24(27)28/h1-2,4-7,10-11,17H,3,8-9,12H2. The third kappa shape index (κ3) is 3.09. The maximum atomic E-state index is 13.7. The molecule has 1 aliphatic carbocycles. The van der Waals surface area contributed by atoms with E-state index in [9.17, 15) is 24.1 Å². The minimum atomic E-state index is -0.528. The van der Waals surface area contributed by atoms with E-state index in [4.69, 9.17) is 0 Å². The molecule has 4 rings (SSSR count). The van der Waals surface area contributed by atoms with Crippen molar-refractivity contribution < 1.29 is 18.9 Å². The molecular formula is C21H17FN2O4. The van der Waals surface area contributed by atoms with Crippen molar-refractivity contribution in [2.45, 2.75) is 31.6 Å². The molecule has 0 saturated heterocycles. The molecule has 0 N–H and O–H groups in total. The Morgan fingerprint density at radius 3 is 2.61 bits per heavy atom. The minimum absolute atomic E-state index is 0.00224. The topological polar surface area (TPSA) is 80.5 Å². The van der Waals surface area contributed by atoms with Crippen LogP contribution in [0.15, 0.2) is 59.8 Å². The van der Waals surface area contributed by atoms with Gasteiger partial charge in [0.15, 0.2) is 5.78 Å². The van der Waals surface area contributed by atoms with Crippen LogP contribution in [0, 0.1) is 15.9 Å². The van der Waals surface area contributed by atoms with E-state index < -0.39 is 16.7 Å². The molecule has 2 aliphatic rings. The average Bonchev–Trinajstić information content (AvgIpc) is 2.67. The number of carbonyl (C=O) groups excluding carboxylic acids is 2. The molecule has 28 heavy (non-hydrogen) atoms. The molecule has 1 aliphatic heterocycles. The van der Waals surface area contributed by atoms with Gasteiger partial charge in [0.05, 0.1) is 10.6 Å². The number of hydrogen-bond donors (Lipinski definition) is 0. The lowest BCUT2D eigenvalue weighted by Gasteiger charge is -2.38. The first-order valence-corrected chi connectivity index (χ1v) is 9.05. The Kier molecular flexibility index (Phi) is 4.50. The SMILES string of the molecule is O=C1CCCC2=C1C(c1cccc([N+](=O)[O-])c1)CC(=O)N2c1cccc(F)c1. The van der Waals surface area contributed by atoms with E-state index in [1.165, 1.54) is 35.2 Å². The Morgan fingerprint density at radius 1 is 1.07 bits per heavy atom. The summed E-state index contributed by atoms with van der Waals surface area (Å²) in [7, 11) is 0. The number of non-ortho nitro benzene ring substituents is 1. The number of nitrogens with zero attached hydrogens (tertiary/aromatic N) is 2. The lowest BCUT2D eigenvalue weighted by Crippen LogP contribution is -2.40. The number of allylic oxidation sites excluding steroid dienone is 2. The first kappa shape index (κ1) is 18.0. The number of nitro benzene ring substituents is 1. The Bertz CT molecular complexity index is 1030. The lowest BCUT2D eigenvalue weighted by molar-refractivity contribution is -0.384. The average molecular weight is 380 g/mol. The van der Waals surface area contributed by atoms with Crippen molar-refractivity contribution in [3.05, 3.63) is 81.3 Å². The zero-order chi connectivity index (χ0) is 19.8. The van der Waals surface area contributed by atoms with Crippen LogP contribution < -0.4 is 4.90 Å². The lowest BCUT2D eigenvalue weighted by atomic mass is 9.77. The van der Waals surface area contributed by atoms with Gasteiger partial charge in [-0.2, -0.15) is 0 Å². The summed E-state index contributed by atoms with van der Waals surface area (Å²) in [6.45, 7) is 0. The quantitative estimate of drug-likeness (QED) is 0.589. The number of amides is 1. The number of ketones is 1. The highest BCUT2D eigenvalue weighted by Crippen LogP contribution is 2.43. The number of anilines is 1. The van der Waals surface area contributed by atoms with Gasteiger partial charge < -0.3 is 0 Å². The smallest absolute Gasteiger partial charge is 0.269 e. The molecule has 142 valence electrons. The number of nitro groups is 1. The Morgan fingerprint density at radius 2 is 1.86 bits per heavy atom. The highest BCUT2D eigenvalue weighted by Gasteiger charge is 2.40. The Hall–Kier alpha value is -3.35. The molecule has 0 saturated carbocycles. The number of benzene rings is 2. The first-order chi connectivity index (χ1) is 13.5. The zero-order valence-electron chi connectivity index (χ0n) is 14.9. The van der Waals surface area contributed by atoms with Crippen LogP contribution >= 0.6 is 0 Å². The van der Waals surface area contributed by atoms with Gasteiger partial charge >= 0.3 is 0 Å². The predicted octanol–water partition coefficient (Wildman–Crippen LogP) is 4.26. The molecule has 2 aromatic rings. The van der Waals surface area contributed by atoms with Crippen LogP contribution in [0.3, 0.4) is 0 Å². The normalized spacial score (nSPS) is 19.6. The summed E-state index contributed by atoms with van der Waals surface area (Å²) in [5, 5.41) is 11.1. The van der Waals surface area contributed by atoms with Gasteiger partial charge in [-0.25, -0.2) is 4.39 Å². The molecule has 2 aromatic carbocycles. The maximum absolute atomic E-state index is 13.7. The third-order valence-corrected chi connectivity index (χ3v) is 5.23. The van der Waals surface area contributed by atoms with Crippen LogP contribution in [0.1, 0.15) is 37.2 Å². The van der Waals surface area contributed by atoms with Gasteiger partial charge in [-0.15, -0.1) is 0 Å². The summed E-state index contributed by atoms with van der Waals surface area (Å²) in [6, 6.07) is 11.8. The van der Waals surface area contributed by atoms with Gasteiger partial charge in [0, 0.05) is 42.2 Å². The molecule has 0 radical (unpaired) electrons. The highest BCUT2D eigenvalue weighted by molar-refractivity contribution is 6.07. The molecule has 1 amide bonds. The van der Waals surface area contributed by atoms with Crippen molar-refractivity contribution in [1.82, 2.24) is 0 Å². The number of halogens is 1. The highest BCUT2D eigenvalue weighted by atomic mass is 19.1. The van der Waals surface area contributed by atoms with Crippen LogP contribution in [0.5, 0.6) is 0 Å². The fourth-order valence-corrected chi connectivity index (χ4v) is 4.05. The van der Waals surface area contributed by atoms with Crippen molar-refractivity contribution in [2.24, 2.45) is 0 Å². The monoisotopic (exact) mass is 380 g/mol. The van der Waals surface area contributed by atoms with E-state index >= 15 is 0 Å². The molecule has 6 nitrogen and oxygen atoms in total. The van der Waals surface area contributed by atoms with Crippen molar-refractivity contribution in [1.29, 1.82) is 0 Å². The van der Waals surface area contributed by atoms with Crippen LogP contribution in [-0.2, 0) is 9.59 Å². The predicted molar refractivity (Wildman–Crippen MR) is 100 cm³/mol. The fraction of sp³-hybridized carbons (Fsp3) is 0.238. The van der Waals surface area contributed by atoms with Crippen molar-refractivity contribution in [3.8, 4) is 0 Å². The largest absolute Gasteiger partial charge is 0.294 e. The van der Waals surface area contributed by atoms with Crippen LogP contribution in [0.2, 0.25) is 0 Å². The van der Waals surface area contributed by atoms with E-state index in [1.807, 2.05) is 0 Å². The van der Waals surface area contributed by atoms with Crippen LogP contribution in [-0.4, -0.2) is 16.6 Å². The molecule has 7 heteroatoms. The molecule has 1 atom stereocenters. The summed E-state index contributed by atoms with van der Waals surface area (Å²) in [5.74, 6) is -1.31. The summed E-state index contributed by atoms with van der Waals surface area (Å²) < 4.78 is 13.7. The van der Waals surface area contributed by atoms with Gasteiger partial charge in [-0.1, -0.05) is 18.2 Å². The summed E-state index contributed by atoms with van der Waals surface area (Å²) in [5.41, 5.74) is 1.97. The summed E-state index contributed by atoms with van der Waals surface area (Å²) >= 11 is 0.